The fraction of sp³-hybridized carbons (Fsp3) is 0.455. The number of aryl methyl sites for hydroxylation is 1. The molecule has 0 radical (unpaired) electrons. The second kappa shape index (κ2) is 5.01. The van der Waals surface area contributed by atoms with E-state index in [0.29, 0.717) is 5.95 Å². The topological polar surface area (TPSA) is 51.8 Å². The van der Waals surface area contributed by atoms with E-state index in [1.165, 1.54) is 17.7 Å². The maximum atomic E-state index is 5.71. The van der Waals surface area contributed by atoms with Gasteiger partial charge in [-0.1, -0.05) is 13.3 Å². The van der Waals surface area contributed by atoms with Crippen LogP contribution in [0.25, 0.3) is 10.2 Å². The van der Waals surface area contributed by atoms with E-state index in [9.17, 15) is 0 Å². The molecule has 0 atom stereocenters. The van der Waals surface area contributed by atoms with Gasteiger partial charge in [0.1, 0.15) is 9.86 Å². The van der Waals surface area contributed by atoms with Crippen LogP contribution in [0.15, 0.2) is 11.1 Å². The Labute approximate surface area is 103 Å². The molecule has 0 saturated carbocycles. The summed E-state index contributed by atoms with van der Waals surface area (Å²) < 4.78 is 0. The van der Waals surface area contributed by atoms with E-state index in [2.05, 4.69) is 29.9 Å². The van der Waals surface area contributed by atoms with Crippen LogP contribution in [0, 0.1) is 6.92 Å². The van der Waals surface area contributed by atoms with Gasteiger partial charge in [-0.05, 0) is 25.2 Å². The Bertz CT molecular complexity index is 493. The number of fused-ring (bicyclic) bond motifs is 1. The first-order chi connectivity index (χ1) is 7.70. The number of anilines is 1. The van der Waals surface area contributed by atoms with Crippen molar-refractivity contribution in [3.8, 4) is 0 Å². The summed E-state index contributed by atoms with van der Waals surface area (Å²) in [6.07, 6.45) is 2.42. The summed E-state index contributed by atoms with van der Waals surface area (Å²) in [6.45, 7) is 4.28. The van der Waals surface area contributed by atoms with Crippen molar-refractivity contribution in [2.45, 2.75) is 31.7 Å². The van der Waals surface area contributed by atoms with Crippen molar-refractivity contribution in [1.82, 2.24) is 9.97 Å². The Morgan fingerprint density at radius 1 is 1.44 bits per heavy atom. The van der Waals surface area contributed by atoms with Crippen molar-refractivity contribution in [3.05, 3.63) is 10.9 Å². The maximum Gasteiger partial charge on any atom is 0.222 e. The number of thioether (sulfide) groups is 1. The number of rotatable bonds is 4. The summed E-state index contributed by atoms with van der Waals surface area (Å²) in [7, 11) is 0. The molecular formula is C11H15N3S2. The van der Waals surface area contributed by atoms with Crippen molar-refractivity contribution < 1.29 is 0 Å². The van der Waals surface area contributed by atoms with Gasteiger partial charge < -0.3 is 5.73 Å². The van der Waals surface area contributed by atoms with Crippen LogP contribution >= 0.6 is 23.1 Å². The number of hydrogen-bond acceptors (Lipinski definition) is 5. The fourth-order valence-electron chi connectivity index (χ4n) is 1.45. The molecule has 0 aliphatic rings. The molecule has 2 heterocycles. The molecule has 3 nitrogen and oxygen atoms in total. The van der Waals surface area contributed by atoms with Crippen LogP contribution in [0.2, 0.25) is 0 Å². The first-order valence-electron chi connectivity index (χ1n) is 5.37. The minimum Gasteiger partial charge on any atom is -0.368 e. The summed E-state index contributed by atoms with van der Waals surface area (Å²) in [5.74, 6) is 1.48. The average molecular weight is 253 g/mol. The van der Waals surface area contributed by atoms with E-state index < -0.39 is 0 Å². The van der Waals surface area contributed by atoms with Crippen molar-refractivity contribution in [1.29, 1.82) is 0 Å². The molecule has 16 heavy (non-hydrogen) atoms. The zero-order valence-corrected chi connectivity index (χ0v) is 11.1. The van der Waals surface area contributed by atoms with Gasteiger partial charge in [-0.2, -0.15) is 0 Å². The highest BCUT2D eigenvalue weighted by atomic mass is 32.2. The smallest absolute Gasteiger partial charge is 0.222 e. The number of nitrogens with zero attached hydrogens (tertiary/aromatic N) is 2. The molecule has 0 aromatic carbocycles. The van der Waals surface area contributed by atoms with Crippen LogP contribution in [0.5, 0.6) is 0 Å². The number of nitrogen functional groups attached to an aromatic ring is 1. The predicted molar refractivity (Wildman–Crippen MR) is 72.2 cm³/mol. The third-order valence-electron chi connectivity index (χ3n) is 2.23. The van der Waals surface area contributed by atoms with E-state index in [-0.39, 0.29) is 0 Å². The van der Waals surface area contributed by atoms with E-state index in [1.807, 2.05) is 0 Å². The van der Waals surface area contributed by atoms with Gasteiger partial charge in [0.2, 0.25) is 5.95 Å². The Balaban J connectivity index is 2.34. The molecule has 5 heteroatoms. The van der Waals surface area contributed by atoms with Gasteiger partial charge in [0.05, 0.1) is 0 Å². The third kappa shape index (κ3) is 2.47. The summed E-state index contributed by atoms with van der Waals surface area (Å²) >= 11 is 3.45. The van der Waals surface area contributed by atoms with E-state index in [1.54, 1.807) is 23.1 Å². The monoisotopic (exact) mass is 253 g/mol. The van der Waals surface area contributed by atoms with Crippen LogP contribution in [-0.2, 0) is 0 Å². The predicted octanol–water partition coefficient (Wildman–Crippen LogP) is 3.47. The summed E-state index contributed by atoms with van der Waals surface area (Å²) in [5.41, 5.74) is 5.71. The van der Waals surface area contributed by atoms with Crippen LogP contribution in [0.1, 0.15) is 24.6 Å². The molecule has 2 N–H and O–H groups in total. The van der Waals surface area contributed by atoms with Crippen LogP contribution in [0.4, 0.5) is 5.95 Å². The Morgan fingerprint density at radius 3 is 3.00 bits per heavy atom. The first-order valence-corrected chi connectivity index (χ1v) is 7.17. The van der Waals surface area contributed by atoms with Gasteiger partial charge in [0.25, 0.3) is 0 Å². The zero-order valence-electron chi connectivity index (χ0n) is 9.49. The second-order valence-corrected chi connectivity index (χ2v) is 5.98. The minimum atomic E-state index is 0.383. The van der Waals surface area contributed by atoms with Gasteiger partial charge in [-0.15, -0.1) is 23.1 Å². The molecule has 0 fully saturated rings. The molecule has 0 bridgehead atoms. The van der Waals surface area contributed by atoms with Gasteiger partial charge in [0.15, 0.2) is 0 Å². The van der Waals surface area contributed by atoms with Crippen LogP contribution in [0.3, 0.4) is 0 Å². The van der Waals surface area contributed by atoms with Gasteiger partial charge in [0, 0.05) is 10.3 Å². The van der Waals surface area contributed by atoms with E-state index in [4.69, 9.17) is 5.73 Å². The largest absolute Gasteiger partial charge is 0.368 e. The van der Waals surface area contributed by atoms with Crippen molar-refractivity contribution >= 4 is 39.3 Å². The zero-order chi connectivity index (χ0) is 11.5. The number of hydrogen-bond donors (Lipinski definition) is 1. The number of unbranched alkanes of at least 4 members (excludes halogenated alkanes) is 1. The van der Waals surface area contributed by atoms with Crippen LogP contribution < -0.4 is 5.73 Å². The SMILES string of the molecule is CCCCSc1nc(N)nc2sc(C)cc12. The molecule has 0 unspecified atom stereocenters. The molecule has 86 valence electrons. The Hall–Kier alpha value is -0.810. The lowest BCUT2D eigenvalue weighted by atomic mass is 10.4. The normalized spacial score (nSPS) is 11.1. The molecule has 0 amide bonds. The maximum absolute atomic E-state index is 5.71. The molecule has 2 aromatic rings. The molecule has 0 saturated heterocycles. The van der Waals surface area contributed by atoms with Gasteiger partial charge in [-0.25, -0.2) is 9.97 Å². The summed E-state index contributed by atoms with van der Waals surface area (Å²) in [4.78, 5) is 10.8. The molecule has 0 aliphatic heterocycles. The standard InChI is InChI=1S/C11H15N3S2/c1-3-4-5-15-9-8-6-7(2)16-10(8)14-11(12)13-9/h6H,3-5H2,1-2H3,(H2,12,13,14). The molecule has 2 aromatic heterocycles. The lowest BCUT2D eigenvalue weighted by Crippen LogP contribution is -1.95. The highest BCUT2D eigenvalue weighted by molar-refractivity contribution is 7.99. The number of nitrogens with two attached hydrogens (primary N) is 1. The Kier molecular flexibility index (Phi) is 3.66. The van der Waals surface area contributed by atoms with Gasteiger partial charge >= 0.3 is 0 Å². The quantitative estimate of drug-likeness (QED) is 0.515. The summed E-state index contributed by atoms with van der Waals surface area (Å²) in [5, 5.41) is 2.18. The van der Waals surface area contributed by atoms with Crippen molar-refractivity contribution in [2.75, 3.05) is 11.5 Å². The average Bonchev–Trinajstić information content (AvgIpc) is 2.58. The van der Waals surface area contributed by atoms with E-state index >= 15 is 0 Å². The first kappa shape index (κ1) is 11.7. The van der Waals surface area contributed by atoms with Crippen molar-refractivity contribution in [3.63, 3.8) is 0 Å². The molecular weight excluding hydrogens is 238 g/mol. The highest BCUT2D eigenvalue weighted by Crippen LogP contribution is 2.31. The van der Waals surface area contributed by atoms with Crippen LogP contribution in [-0.4, -0.2) is 15.7 Å². The van der Waals surface area contributed by atoms with Gasteiger partial charge in [-0.3, -0.25) is 0 Å². The highest BCUT2D eigenvalue weighted by Gasteiger charge is 2.09. The lowest BCUT2D eigenvalue weighted by molar-refractivity contribution is 0.895. The lowest BCUT2D eigenvalue weighted by Gasteiger charge is -2.02. The van der Waals surface area contributed by atoms with Crippen molar-refractivity contribution in [2.24, 2.45) is 0 Å². The Morgan fingerprint density at radius 2 is 2.25 bits per heavy atom. The van der Waals surface area contributed by atoms with E-state index in [0.717, 1.165) is 21.0 Å². The second-order valence-electron chi connectivity index (χ2n) is 3.66. The fourth-order valence-corrected chi connectivity index (χ4v) is 3.50. The minimum absolute atomic E-state index is 0.383. The molecule has 0 aliphatic carbocycles. The summed E-state index contributed by atoms with van der Waals surface area (Å²) in [6, 6.07) is 2.15. The third-order valence-corrected chi connectivity index (χ3v) is 4.26. The molecule has 2 rings (SSSR count). The number of thiophene rings is 1. The number of aromatic nitrogens is 2. The molecule has 0 spiro atoms.